The fourth-order valence-electron chi connectivity index (χ4n) is 3.03. The first-order chi connectivity index (χ1) is 14.6. The van der Waals surface area contributed by atoms with Gasteiger partial charge in [-0.15, -0.1) is 11.8 Å². The monoisotopic (exact) mass is 507 g/mol. The molecule has 0 unspecified atom stereocenters. The normalized spacial score (nSPS) is 21.2. The van der Waals surface area contributed by atoms with E-state index in [0.717, 1.165) is 4.90 Å². The van der Waals surface area contributed by atoms with Gasteiger partial charge >= 0.3 is 12.1 Å². The minimum Gasteiger partial charge on any atom is -0.477 e. The van der Waals surface area contributed by atoms with Gasteiger partial charge in [0.15, 0.2) is 0 Å². The van der Waals surface area contributed by atoms with Crippen molar-refractivity contribution in [2.45, 2.75) is 21.3 Å². The molecule has 31 heavy (non-hydrogen) atoms. The Hall–Kier alpha value is -2.14. The van der Waals surface area contributed by atoms with Crippen LogP contribution in [0.5, 0.6) is 0 Å². The van der Waals surface area contributed by atoms with Gasteiger partial charge in [0.1, 0.15) is 29.8 Å². The summed E-state index contributed by atoms with van der Waals surface area (Å²) in [6, 6.07) is 6.14. The summed E-state index contributed by atoms with van der Waals surface area (Å²) in [6.45, 7) is -0.536. The lowest BCUT2D eigenvalue weighted by molar-refractivity contribution is -0.150. The first kappa shape index (κ1) is 23.5. The molecule has 166 valence electrons. The number of fused-ring (bicyclic) bond motifs is 1. The third-order valence-corrected chi connectivity index (χ3v) is 5.90. The van der Waals surface area contributed by atoms with Gasteiger partial charge in [0.2, 0.25) is 9.70 Å². The summed E-state index contributed by atoms with van der Waals surface area (Å²) in [5.74, 6) is -2.07. The van der Waals surface area contributed by atoms with Crippen LogP contribution in [0.15, 0.2) is 42.1 Å². The number of nitrogens with one attached hydrogen (secondary N) is 2. The number of carboxylic acid groups (broad SMARTS) is 1. The van der Waals surface area contributed by atoms with Crippen LogP contribution in [0.25, 0.3) is 0 Å². The van der Waals surface area contributed by atoms with E-state index in [9.17, 15) is 24.3 Å². The number of thioether (sulfide) groups is 1. The predicted octanol–water partition coefficient (Wildman–Crippen LogP) is 2.19. The van der Waals surface area contributed by atoms with E-state index in [4.69, 9.17) is 39.5 Å². The molecule has 0 spiro atoms. The number of carbonyl (C=O) groups is 4. The van der Waals surface area contributed by atoms with Gasteiger partial charge < -0.3 is 20.5 Å². The molecule has 2 heterocycles. The molecule has 3 amide bonds. The van der Waals surface area contributed by atoms with Crippen molar-refractivity contribution in [1.82, 2.24) is 15.5 Å². The first-order valence-corrected chi connectivity index (χ1v) is 11.0. The number of hydrogen-bond acceptors (Lipinski definition) is 6. The number of carbonyl (C=O) groups excluding carboxylic acids is 3. The number of amides is 3. The summed E-state index contributed by atoms with van der Waals surface area (Å²) >= 11 is 18.0. The second-order valence-corrected chi connectivity index (χ2v) is 10.2. The Labute approximate surface area is 196 Å². The molecule has 1 saturated heterocycles. The number of carboxylic acids is 1. The van der Waals surface area contributed by atoms with Crippen LogP contribution in [0.4, 0.5) is 4.79 Å². The quantitative estimate of drug-likeness (QED) is 0.397. The van der Waals surface area contributed by atoms with Crippen LogP contribution in [-0.4, -0.2) is 61.5 Å². The van der Waals surface area contributed by atoms with Crippen molar-refractivity contribution in [2.75, 3.05) is 12.4 Å². The van der Waals surface area contributed by atoms with E-state index in [-0.39, 0.29) is 5.70 Å². The molecule has 0 radical (unpaired) electrons. The van der Waals surface area contributed by atoms with E-state index < -0.39 is 51.7 Å². The number of nitrogens with zero attached hydrogens (tertiary/aromatic N) is 1. The van der Waals surface area contributed by atoms with Crippen LogP contribution in [0.3, 0.4) is 0 Å². The Bertz CT molecular complexity index is 924. The third-order valence-electron chi connectivity index (χ3n) is 4.39. The van der Waals surface area contributed by atoms with E-state index in [1.807, 2.05) is 0 Å². The maximum absolute atomic E-state index is 12.9. The van der Waals surface area contributed by atoms with Crippen LogP contribution in [0.2, 0.25) is 0 Å². The lowest BCUT2D eigenvalue weighted by atomic mass is 10.0. The molecule has 13 heteroatoms. The number of alkyl carbamates (subject to hydrolysis) is 1. The number of alkyl halides is 3. The summed E-state index contributed by atoms with van der Waals surface area (Å²) in [5.41, 5.74) is 0.309. The largest absolute Gasteiger partial charge is 0.477 e. The number of aliphatic carboxylic acids is 1. The van der Waals surface area contributed by atoms with Crippen molar-refractivity contribution in [3.63, 3.8) is 0 Å². The Morgan fingerprint density at radius 1 is 1.26 bits per heavy atom. The number of ether oxygens (including phenoxy) is 1. The number of β-lactam (4-membered cyclic amide) rings is 1. The van der Waals surface area contributed by atoms with Gasteiger partial charge in [-0.05, 0) is 11.6 Å². The molecule has 3 N–H and O–H groups in total. The van der Waals surface area contributed by atoms with Crippen LogP contribution in [-0.2, 0) is 19.1 Å². The van der Waals surface area contributed by atoms with Gasteiger partial charge in [-0.25, -0.2) is 9.59 Å². The zero-order valence-electron chi connectivity index (χ0n) is 15.6. The second kappa shape index (κ2) is 9.56. The van der Waals surface area contributed by atoms with Gasteiger partial charge in [0.25, 0.3) is 5.91 Å². The van der Waals surface area contributed by atoms with E-state index in [1.54, 1.807) is 30.3 Å². The second-order valence-electron chi connectivity index (χ2n) is 6.49. The van der Waals surface area contributed by atoms with Gasteiger partial charge in [-0.1, -0.05) is 65.1 Å². The highest BCUT2D eigenvalue weighted by Gasteiger charge is 2.53. The average Bonchev–Trinajstić information content (AvgIpc) is 2.73. The van der Waals surface area contributed by atoms with Gasteiger partial charge in [0.05, 0.1) is 0 Å². The highest BCUT2D eigenvalue weighted by atomic mass is 35.6. The molecule has 3 atom stereocenters. The summed E-state index contributed by atoms with van der Waals surface area (Å²) < 4.78 is 3.00. The third kappa shape index (κ3) is 5.57. The zero-order chi connectivity index (χ0) is 22.8. The standard InChI is InChI=1S/C18H16Cl3N3O6S/c19-18(20,21)8-30-17(29)23-11(9-4-2-1-3-5-9)13(25)22-12-14(26)24-10(16(27)28)6-7-31-15(12)24/h1-6,11-12,15H,7-8H2,(H,22,25)(H,23,29)(H,27,28)/t11-,12+,15-/m0/s1. The molecule has 1 fully saturated rings. The van der Waals surface area contributed by atoms with Crippen molar-refractivity contribution < 1.29 is 29.0 Å². The van der Waals surface area contributed by atoms with Gasteiger partial charge in [0, 0.05) is 5.75 Å². The lowest BCUT2D eigenvalue weighted by Gasteiger charge is -2.48. The van der Waals surface area contributed by atoms with Crippen molar-refractivity contribution in [3.8, 4) is 0 Å². The minimum atomic E-state index is -1.82. The molecule has 1 aromatic carbocycles. The van der Waals surface area contributed by atoms with Gasteiger partial charge in [-0.3, -0.25) is 14.5 Å². The summed E-state index contributed by atoms with van der Waals surface area (Å²) in [4.78, 5) is 50.0. The number of hydrogen-bond donors (Lipinski definition) is 3. The van der Waals surface area contributed by atoms with Crippen molar-refractivity contribution in [1.29, 1.82) is 0 Å². The lowest BCUT2D eigenvalue weighted by Crippen LogP contribution is -2.70. The van der Waals surface area contributed by atoms with Crippen LogP contribution in [0, 0.1) is 0 Å². The van der Waals surface area contributed by atoms with Crippen LogP contribution in [0.1, 0.15) is 11.6 Å². The van der Waals surface area contributed by atoms with E-state index in [2.05, 4.69) is 10.6 Å². The summed E-state index contributed by atoms with van der Waals surface area (Å²) in [5, 5.41) is 13.7. The fraction of sp³-hybridized carbons (Fsp3) is 0.333. The Morgan fingerprint density at radius 3 is 2.55 bits per heavy atom. The average molecular weight is 509 g/mol. The highest BCUT2D eigenvalue weighted by Crippen LogP contribution is 2.37. The molecule has 1 aromatic rings. The molecule has 0 saturated carbocycles. The molecular formula is C18H16Cl3N3O6S. The maximum atomic E-state index is 12.9. The molecule has 3 rings (SSSR count). The SMILES string of the molecule is O=C(N[C@H](C(=O)N[C@@H]1C(=O)N2C(C(=O)O)=CCS[C@@H]12)c1ccccc1)OCC(Cl)(Cl)Cl. The van der Waals surface area contributed by atoms with E-state index >= 15 is 0 Å². The van der Waals surface area contributed by atoms with E-state index in [1.165, 1.54) is 17.8 Å². The Kier molecular flexibility index (Phi) is 7.25. The topological polar surface area (TPSA) is 125 Å². The van der Waals surface area contributed by atoms with Crippen molar-refractivity contribution in [2.24, 2.45) is 0 Å². The molecule has 9 nitrogen and oxygen atoms in total. The molecule has 2 aliphatic heterocycles. The summed E-state index contributed by atoms with van der Waals surface area (Å²) in [6.07, 6.45) is 0.439. The highest BCUT2D eigenvalue weighted by molar-refractivity contribution is 8.00. The van der Waals surface area contributed by atoms with Crippen molar-refractivity contribution >= 4 is 70.4 Å². The predicted molar refractivity (Wildman–Crippen MR) is 115 cm³/mol. The first-order valence-electron chi connectivity index (χ1n) is 8.82. The van der Waals surface area contributed by atoms with Crippen LogP contribution >= 0.6 is 46.6 Å². The number of benzene rings is 1. The molecule has 0 aliphatic carbocycles. The minimum absolute atomic E-state index is 0.118. The fourth-order valence-corrected chi connectivity index (χ4v) is 4.39. The van der Waals surface area contributed by atoms with Crippen LogP contribution < -0.4 is 10.6 Å². The summed E-state index contributed by atoms with van der Waals surface area (Å²) in [7, 11) is 0. The van der Waals surface area contributed by atoms with Crippen molar-refractivity contribution in [3.05, 3.63) is 47.7 Å². The van der Waals surface area contributed by atoms with Gasteiger partial charge in [-0.2, -0.15) is 0 Å². The Balaban J connectivity index is 1.71. The molecule has 0 bridgehead atoms. The zero-order valence-corrected chi connectivity index (χ0v) is 18.7. The maximum Gasteiger partial charge on any atom is 0.408 e. The number of halogens is 3. The number of rotatable bonds is 6. The molecular weight excluding hydrogens is 493 g/mol. The Morgan fingerprint density at radius 2 is 1.94 bits per heavy atom. The molecule has 2 aliphatic rings. The smallest absolute Gasteiger partial charge is 0.408 e. The molecule has 0 aromatic heterocycles. The van der Waals surface area contributed by atoms with E-state index in [0.29, 0.717) is 11.3 Å².